The van der Waals surface area contributed by atoms with Gasteiger partial charge in [0.2, 0.25) is 0 Å². The molecule has 0 saturated carbocycles. The molecule has 5 nitrogen and oxygen atoms in total. The summed E-state index contributed by atoms with van der Waals surface area (Å²) in [6.45, 7) is 0.279. The quantitative estimate of drug-likeness (QED) is 0.575. The third-order valence-corrected chi connectivity index (χ3v) is 4.39. The highest BCUT2D eigenvalue weighted by Gasteiger charge is 2.13. The Kier molecular flexibility index (Phi) is 4.80. The van der Waals surface area contributed by atoms with Crippen molar-refractivity contribution in [3.05, 3.63) is 100 Å². The molecule has 0 aliphatic heterocycles. The van der Waals surface area contributed by atoms with E-state index in [4.69, 9.17) is 0 Å². The Hall–Kier alpha value is -3.61. The zero-order valence-electron chi connectivity index (χ0n) is 14.8. The first-order valence-corrected chi connectivity index (χ1v) is 8.68. The van der Waals surface area contributed by atoms with E-state index >= 15 is 0 Å². The molecule has 0 atom stereocenters. The van der Waals surface area contributed by atoms with E-state index in [1.54, 1.807) is 23.0 Å². The van der Waals surface area contributed by atoms with Crippen LogP contribution in [0.15, 0.2) is 71.8 Å². The fourth-order valence-corrected chi connectivity index (χ4v) is 2.98. The second-order valence-electron chi connectivity index (χ2n) is 6.29. The number of hydrogen-bond donors (Lipinski definition) is 1. The lowest BCUT2D eigenvalue weighted by Gasteiger charge is -2.13. The van der Waals surface area contributed by atoms with E-state index in [9.17, 15) is 13.6 Å². The number of fused-ring (bicyclic) bond motifs is 1. The average Bonchev–Trinajstić information content (AvgIpc) is 2.72. The molecule has 2 aromatic carbocycles. The maximum absolute atomic E-state index is 13.9. The van der Waals surface area contributed by atoms with Crippen molar-refractivity contribution in [3.63, 3.8) is 0 Å². The predicted molar refractivity (Wildman–Crippen MR) is 103 cm³/mol. The fraction of sp³-hybridized carbons (Fsp3) is 0.0952. The van der Waals surface area contributed by atoms with Crippen LogP contribution in [0.5, 0.6) is 0 Å². The van der Waals surface area contributed by atoms with Gasteiger partial charge in [0.1, 0.15) is 11.6 Å². The van der Waals surface area contributed by atoms with Gasteiger partial charge in [0.05, 0.1) is 23.8 Å². The zero-order chi connectivity index (χ0) is 19.5. The van der Waals surface area contributed by atoms with E-state index in [1.165, 1.54) is 0 Å². The number of anilines is 1. The summed E-state index contributed by atoms with van der Waals surface area (Å²) in [5.41, 5.74) is 1.88. The Labute approximate surface area is 159 Å². The first kappa shape index (κ1) is 17.8. The molecule has 0 amide bonds. The Morgan fingerprint density at radius 2 is 1.86 bits per heavy atom. The molecule has 4 aromatic rings. The van der Waals surface area contributed by atoms with Gasteiger partial charge in [0.15, 0.2) is 5.82 Å². The van der Waals surface area contributed by atoms with Crippen LogP contribution in [-0.4, -0.2) is 14.5 Å². The Morgan fingerprint density at radius 1 is 1.04 bits per heavy atom. The standard InChI is InChI=1S/C21H16F2N4O/c22-16-6-7-17(23)15(10-16)11-25-20-21(28)27(13-14-4-2-1-3-5-14)19-12-24-9-8-18(19)26-20/h1-10,12H,11,13H2,(H,25,26). The van der Waals surface area contributed by atoms with Crippen LogP contribution in [-0.2, 0) is 13.1 Å². The van der Waals surface area contributed by atoms with Crippen molar-refractivity contribution in [1.82, 2.24) is 14.5 Å². The molecule has 0 unspecified atom stereocenters. The van der Waals surface area contributed by atoms with E-state index in [0.717, 1.165) is 23.8 Å². The van der Waals surface area contributed by atoms with Gasteiger partial charge in [-0.1, -0.05) is 30.3 Å². The third kappa shape index (κ3) is 3.59. The predicted octanol–water partition coefficient (Wildman–Crippen LogP) is 3.73. The molecule has 1 N–H and O–H groups in total. The maximum Gasteiger partial charge on any atom is 0.294 e. The summed E-state index contributed by atoms with van der Waals surface area (Å²) in [5, 5.41) is 2.84. The lowest BCUT2D eigenvalue weighted by Crippen LogP contribution is -2.26. The molecule has 140 valence electrons. The smallest absolute Gasteiger partial charge is 0.294 e. The molecule has 2 heterocycles. The summed E-state index contributed by atoms with van der Waals surface area (Å²) < 4.78 is 28.8. The summed E-state index contributed by atoms with van der Waals surface area (Å²) >= 11 is 0. The Morgan fingerprint density at radius 3 is 2.68 bits per heavy atom. The summed E-state index contributed by atoms with van der Waals surface area (Å²) in [6.07, 6.45) is 3.17. The maximum atomic E-state index is 13.9. The van der Waals surface area contributed by atoms with E-state index < -0.39 is 11.6 Å². The van der Waals surface area contributed by atoms with Gasteiger partial charge in [-0.05, 0) is 29.8 Å². The van der Waals surface area contributed by atoms with Gasteiger partial charge in [-0.25, -0.2) is 13.8 Å². The molecular weight excluding hydrogens is 362 g/mol. The number of benzene rings is 2. The molecular formula is C21H16F2N4O. The topological polar surface area (TPSA) is 59.8 Å². The van der Waals surface area contributed by atoms with Crippen LogP contribution in [0.25, 0.3) is 11.0 Å². The van der Waals surface area contributed by atoms with Crippen LogP contribution in [0.2, 0.25) is 0 Å². The Bertz CT molecular complexity index is 1190. The lowest BCUT2D eigenvalue weighted by atomic mass is 10.2. The number of hydrogen-bond acceptors (Lipinski definition) is 4. The molecule has 0 spiro atoms. The van der Waals surface area contributed by atoms with Crippen molar-refractivity contribution in [1.29, 1.82) is 0 Å². The number of rotatable bonds is 5. The van der Waals surface area contributed by atoms with Gasteiger partial charge < -0.3 is 5.32 Å². The summed E-state index contributed by atoms with van der Waals surface area (Å²) in [5.74, 6) is -1.03. The lowest BCUT2D eigenvalue weighted by molar-refractivity contribution is 0.587. The third-order valence-electron chi connectivity index (χ3n) is 4.39. The molecule has 0 radical (unpaired) electrons. The number of nitrogens with zero attached hydrogens (tertiary/aromatic N) is 3. The van der Waals surface area contributed by atoms with Gasteiger partial charge in [0, 0.05) is 18.3 Å². The number of halogens is 2. The highest BCUT2D eigenvalue weighted by atomic mass is 19.1. The van der Waals surface area contributed by atoms with Crippen molar-refractivity contribution >= 4 is 16.9 Å². The normalized spacial score (nSPS) is 10.9. The first-order valence-electron chi connectivity index (χ1n) is 8.68. The highest BCUT2D eigenvalue weighted by molar-refractivity contribution is 5.75. The molecule has 4 rings (SSSR count). The van der Waals surface area contributed by atoms with Crippen LogP contribution in [0.1, 0.15) is 11.1 Å². The Balaban J connectivity index is 1.73. The van der Waals surface area contributed by atoms with Crippen molar-refractivity contribution in [2.75, 3.05) is 5.32 Å². The van der Waals surface area contributed by atoms with Gasteiger partial charge in [0.25, 0.3) is 5.56 Å². The summed E-state index contributed by atoms with van der Waals surface area (Å²) in [6, 6.07) is 14.4. The molecule has 2 aromatic heterocycles. The largest absolute Gasteiger partial charge is 0.361 e. The van der Waals surface area contributed by atoms with Crippen molar-refractivity contribution in [2.24, 2.45) is 0 Å². The van der Waals surface area contributed by atoms with E-state index in [1.807, 2.05) is 30.3 Å². The van der Waals surface area contributed by atoms with Crippen LogP contribution in [0, 0.1) is 11.6 Å². The molecule has 7 heteroatoms. The van der Waals surface area contributed by atoms with E-state index in [-0.39, 0.29) is 23.5 Å². The molecule has 0 aliphatic rings. The number of nitrogens with one attached hydrogen (secondary N) is 1. The molecule has 0 fully saturated rings. The van der Waals surface area contributed by atoms with Crippen LogP contribution < -0.4 is 10.9 Å². The number of aromatic nitrogens is 3. The van der Waals surface area contributed by atoms with Crippen molar-refractivity contribution < 1.29 is 8.78 Å². The molecule has 0 bridgehead atoms. The van der Waals surface area contributed by atoms with Gasteiger partial charge >= 0.3 is 0 Å². The molecule has 0 saturated heterocycles. The minimum Gasteiger partial charge on any atom is -0.361 e. The van der Waals surface area contributed by atoms with Crippen molar-refractivity contribution in [2.45, 2.75) is 13.1 Å². The van der Waals surface area contributed by atoms with E-state index in [0.29, 0.717) is 17.6 Å². The van der Waals surface area contributed by atoms with Crippen LogP contribution in [0.4, 0.5) is 14.6 Å². The zero-order valence-corrected chi connectivity index (χ0v) is 14.8. The fourth-order valence-electron chi connectivity index (χ4n) is 2.98. The average molecular weight is 378 g/mol. The summed E-state index contributed by atoms with van der Waals surface area (Å²) in [7, 11) is 0. The van der Waals surface area contributed by atoms with Crippen LogP contribution >= 0.6 is 0 Å². The monoisotopic (exact) mass is 378 g/mol. The van der Waals surface area contributed by atoms with Gasteiger partial charge in [-0.2, -0.15) is 0 Å². The van der Waals surface area contributed by atoms with Crippen LogP contribution in [0.3, 0.4) is 0 Å². The molecule has 28 heavy (non-hydrogen) atoms. The molecule has 0 aliphatic carbocycles. The highest BCUT2D eigenvalue weighted by Crippen LogP contribution is 2.15. The van der Waals surface area contributed by atoms with Gasteiger partial charge in [-0.15, -0.1) is 0 Å². The summed E-state index contributed by atoms with van der Waals surface area (Å²) in [4.78, 5) is 21.4. The van der Waals surface area contributed by atoms with Crippen molar-refractivity contribution in [3.8, 4) is 0 Å². The second kappa shape index (κ2) is 7.56. The SMILES string of the molecule is O=c1c(NCc2cc(F)ccc2F)nc2ccncc2n1Cc1ccccc1. The van der Waals surface area contributed by atoms with E-state index in [2.05, 4.69) is 15.3 Å². The number of pyridine rings is 1. The van der Waals surface area contributed by atoms with Gasteiger partial charge in [-0.3, -0.25) is 14.3 Å². The minimum atomic E-state index is -0.552. The second-order valence-corrected chi connectivity index (χ2v) is 6.29. The minimum absolute atomic E-state index is 0.0617. The first-order chi connectivity index (χ1) is 13.6.